The minimum absolute atomic E-state index is 0.130. The van der Waals surface area contributed by atoms with Gasteiger partial charge >= 0.3 is 0 Å². The molecule has 1 saturated heterocycles. The molecule has 196 valence electrons. The molecule has 3 heterocycles. The van der Waals surface area contributed by atoms with Crippen molar-refractivity contribution in [2.24, 2.45) is 0 Å². The topological polar surface area (TPSA) is 28.6 Å². The molecule has 5 rings (SSSR count). The van der Waals surface area contributed by atoms with Gasteiger partial charge in [0.15, 0.2) is 11.6 Å². The zero-order valence-corrected chi connectivity index (χ0v) is 21.9. The Morgan fingerprint density at radius 1 is 1.00 bits per heavy atom. The standard InChI is InChI=1S/C30H34F3N3O/c1-18(2)36-17-19(3)37-30-27(32)13-22(14-29(30)36)25-15-23(34-16-28(25)33)11-20-5-6-24(26(31)12-20)21-7-9-35(4)10-8-21/h5-6,12-16,18-19,21H,7-11,17H2,1-4H3. The van der Waals surface area contributed by atoms with E-state index in [1.165, 1.54) is 6.07 Å². The number of anilines is 1. The molecular weight excluding hydrogens is 475 g/mol. The highest BCUT2D eigenvalue weighted by Gasteiger charge is 2.29. The first-order chi connectivity index (χ1) is 17.7. The molecule has 0 bridgehead atoms. The van der Waals surface area contributed by atoms with Gasteiger partial charge in [-0.15, -0.1) is 0 Å². The van der Waals surface area contributed by atoms with Crippen molar-refractivity contribution in [3.63, 3.8) is 0 Å². The average Bonchev–Trinajstić information content (AvgIpc) is 2.86. The van der Waals surface area contributed by atoms with Gasteiger partial charge < -0.3 is 14.5 Å². The van der Waals surface area contributed by atoms with E-state index in [2.05, 4.69) is 21.8 Å². The molecule has 3 aromatic rings. The molecule has 0 radical (unpaired) electrons. The number of piperidine rings is 1. The predicted molar refractivity (Wildman–Crippen MR) is 141 cm³/mol. The van der Waals surface area contributed by atoms with Crippen molar-refractivity contribution in [2.75, 3.05) is 31.6 Å². The Balaban J connectivity index is 1.42. The molecule has 1 fully saturated rings. The minimum atomic E-state index is -0.534. The lowest BCUT2D eigenvalue weighted by atomic mass is 9.88. The molecule has 0 saturated carbocycles. The first-order valence-electron chi connectivity index (χ1n) is 13.1. The van der Waals surface area contributed by atoms with Crippen LogP contribution in [0, 0.1) is 17.5 Å². The molecule has 0 aliphatic carbocycles. The maximum Gasteiger partial charge on any atom is 0.178 e. The van der Waals surface area contributed by atoms with Crippen LogP contribution >= 0.6 is 0 Å². The van der Waals surface area contributed by atoms with Gasteiger partial charge in [0.2, 0.25) is 0 Å². The smallest absolute Gasteiger partial charge is 0.178 e. The summed E-state index contributed by atoms with van der Waals surface area (Å²) in [5, 5.41) is 0. The molecule has 7 heteroatoms. The first-order valence-corrected chi connectivity index (χ1v) is 13.1. The van der Waals surface area contributed by atoms with E-state index in [-0.39, 0.29) is 35.2 Å². The monoisotopic (exact) mass is 509 g/mol. The Morgan fingerprint density at radius 3 is 2.46 bits per heavy atom. The Bertz CT molecular complexity index is 1290. The van der Waals surface area contributed by atoms with Crippen LogP contribution in [0.4, 0.5) is 18.9 Å². The first kappa shape index (κ1) is 25.6. The van der Waals surface area contributed by atoms with Crippen molar-refractivity contribution in [3.05, 3.63) is 76.9 Å². The molecule has 2 aliphatic heterocycles. The second-order valence-corrected chi connectivity index (χ2v) is 10.7. The fraction of sp³-hybridized carbons (Fsp3) is 0.433. The number of rotatable bonds is 5. The summed E-state index contributed by atoms with van der Waals surface area (Å²) < 4.78 is 50.9. The summed E-state index contributed by atoms with van der Waals surface area (Å²) in [4.78, 5) is 8.58. The van der Waals surface area contributed by atoms with Gasteiger partial charge in [0.05, 0.1) is 18.4 Å². The number of fused-ring (bicyclic) bond motifs is 1. The fourth-order valence-corrected chi connectivity index (χ4v) is 5.51. The maximum atomic E-state index is 15.1. The van der Waals surface area contributed by atoms with E-state index in [0.717, 1.165) is 43.3 Å². The van der Waals surface area contributed by atoms with Crippen LogP contribution in [0.2, 0.25) is 0 Å². The molecule has 0 amide bonds. The molecule has 2 aliphatic rings. The van der Waals surface area contributed by atoms with Crippen LogP contribution in [-0.4, -0.2) is 48.7 Å². The Hall–Kier alpha value is -3.06. The van der Waals surface area contributed by atoms with Gasteiger partial charge in [-0.3, -0.25) is 4.98 Å². The zero-order valence-electron chi connectivity index (χ0n) is 21.9. The van der Waals surface area contributed by atoms with Gasteiger partial charge in [0.25, 0.3) is 0 Å². The molecule has 2 aromatic carbocycles. The Morgan fingerprint density at radius 2 is 1.76 bits per heavy atom. The fourth-order valence-electron chi connectivity index (χ4n) is 5.51. The Kier molecular flexibility index (Phi) is 7.17. The van der Waals surface area contributed by atoms with Gasteiger partial charge in [-0.05, 0) is 101 Å². The highest BCUT2D eigenvalue weighted by Crippen LogP contribution is 2.41. The summed E-state index contributed by atoms with van der Waals surface area (Å²) in [6.07, 6.45) is 3.26. The number of likely N-dealkylation sites (tertiary alicyclic amines) is 1. The number of halogens is 3. The lowest BCUT2D eigenvalue weighted by Gasteiger charge is -2.38. The van der Waals surface area contributed by atoms with E-state index in [1.54, 1.807) is 18.2 Å². The van der Waals surface area contributed by atoms with Gasteiger partial charge in [0, 0.05) is 23.7 Å². The van der Waals surface area contributed by atoms with Crippen LogP contribution in [0.15, 0.2) is 42.6 Å². The summed E-state index contributed by atoms with van der Waals surface area (Å²) in [6, 6.07) is 10.2. The summed E-state index contributed by atoms with van der Waals surface area (Å²) in [7, 11) is 2.09. The van der Waals surface area contributed by atoms with Gasteiger partial charge in [-0.2, -0.15) is 0 Å². The SMILES string of the molecule is CC1CN(C(C)C)c2cc(-c3cc(Cc4ccc(C5CCN(C)CC5)c(F)c4)ncc3F)cc(F)c2O1. The van der Waals surface area contributed by atoms with E-state index in [4.69, 9.17) is 4.74 Å². The number of pyridine rings is 1. The number of nitrogens with zero attached hydrogens (tertiary/aromatic N) is 3. The third-order valence-corrected chi connectivity index (χ3v) is 7.56. The minimum Gasteiger partial charge on any atom is -0.484 e. The number of ether oxygens (including phenoxy) is 1. The number of hydrogen-bond donors (Lipinski definition) is 0. The Labute approximate surface area is 217 Å². The molecule has 0 spiro atoms. The summed E-state index contributed by atoms with van der Waals surface area (Å²) >= 11 is 0. The largest absolute Gasteiger partial charge is 0.484 e. The number of benzene rings is 2. The van der Waals surface area contributed by atoms with Crippen LogP contribution in [0.3, 0.4) is 0 Å². The second-order valence-electron chi connectivity index (χ2n) is 10.7. The van der Waals surface area contributed by atoms with Crippen LogP contribution < -0.4 is 9.64 Å². The van der Waals surface area contributed by atoms with Crippen LogP contribution in [-0.2, 0) is 6.42 Å². The van der Waals surface area contributed by atoms with E-state index < -0.39 is 11.6 Å². The quantitative estimate of drug-likeness (QED) is 0.389. The normalized spacial score (nSPS) is 18.7. The molecular formula is C30H34F3N3O. The van der Waals surface area contributed by atoms with Crippen LogP contribution in [0.25, 0.3) is 11.1 Å². The second kappa shape index (κ2) is 10.4. The van der Waals surface area contributed by atoms with Gasteiger partial charge in [0.1, 0.15) is 17.7 Å². The third-order valence-electron chi connectivity index (χ3n) is 7.56. The van der Waals surface area contributed by atoms with Crippen molar-refractivity contribution in [1.82, 2.24) is 9.88 Å². The van der Waals surface area contributed by atoms with Crippen molar-refractivity contribution in [1.29, 1.82) is 0 Å². The van der Waals surface area contributed by atoms with E-state index in [1.807, 2.05) is 32.9 Å². The summed E-state index contributed by atoms with van der Waals surface area (Å²) in [6.45, 7) is 8.54. The lowest BCUT2D eigenvalue weighted by molar-refractivity contribution is 0.199. The van der Waals surface area contributed by atoms with E-state index in [0.29, 0.717) is 29.9 Å². The number of hydrogen-bond acceptors (Lipinski definition) is 4. The van der Waals surface area contributed by atoms with E-state index >= 15 is 8.78 Å². The molecule has 0 N–H and O–H groups in total. The van der Waals surface area contributed by atoms with Gasteiger partial charge in [-0.25, -0.2) is 13.2 Å². The number of aromatic nitrogens is 1. The predicted octanol–water partition coefficient (Wildman–Crippen LogP) is 6.56. The molecule has 1 aromatic heterocycles. The molecule has 37 heavy (non-hydrogen) atoms. The zero-order chi connectivity index (χ0) is 26.3. The van der Waals surface area contributed by atoms with Crippen LogP contribution in [0.5, 0.6) is 5.75 Å². The summed E-state index contributed by atoms with van der Waals surface area (Å²) in [5.41, 5.74) is 3.42. The molecule has 4 nitrogen and oxygen atoms in total. The molecule has 1 atom stereocenters. The summed E-state index contributed by atoms with van der Waals surface area (Å²) in [5.74, 6) is -0.820. The average molecular weight is 510 g/mol. The van der Waals surface area contributed by atoms with Crippen molar-refractivity contribution >= 4 is 5.69 Å². The van der Waals surface area contributed by atoms with Gasteiger partial charge in [-0.1, -0.05) is 12.1 Å². The van der Waals surface area contributed by atoms with Crippen molar-refractivity contribution < 1.29 is 17.9 Å². The third kappa shape index (κ3) is 5.33. The van der Waals surface area contributed by atoms with Crippen molar-refractivity contribution in [2.45, 2.75) is 58.1 Å². The van der Waals surface area contributed by atoms with Crippen LogP contribution in [0.1, 0.15) is 56.4 Å². The highest BCUT2D eigenvalue weighted by molar-refractivity contribution is 5.74. The highest BCUT2D eigenvalue weighted by atomic mass is 19.1. The lowest BCUT2D eigenvalue weighted by Crippen LogP contribution is -2.42. The van der Waals surface area contributed by atoms with E-state index in [9.17, 15) is 4.39 Å². The van der Waals surface area contributed by atoms with Crippen molar-refractivity contribution in [3.8, 4) is 16.9 Å². The maximum absolute atomic E-state index is 15.1. The molecule has 1 unspecified atom stereocenters.